The predicted octanol–water partition coefficient (Wildman–Crippen LogP) is 1.03. The van der Waals surface area contributed by atoms with Gasteiger partial charge in [0.2, 0.25) is 0 Å². The van der Waals surface area contributed by atoms with Gasteiger partial charge in [0.15, 0.2) is 0 Å². The minimum Gasteiger partial charge on any atom is -0.314 e. The summed E-state index contributed by atoms with van der Waals surface area (Å²) in [5.74, 6) is -0.348. The Bertz CT molecular complexity index is 641. The van der Waals surface area contributed by atoms with Crippen LogP contribution in [-0.2, 0) is 6.54 Å². The van der Waals surface area contributed by atoms with Crippen molar-refractivity contribution in [3.8, 4) is 0 Å². The first-order valence-corrected chi connectivity index (χ1v) is 5.11. The molecule has 1 aromatic heterocycles. The summed E-state index contributed by atoms with van der Waals surface area (Å²) >= 11 is 0. The molecule has 0 spiro atoms. The summed E-state index contributed by atoms with van der Waals surface area (Å²) in [7, 11) is 0. The second-order valence-corrected chi connectivity index (χ2v) is 3.79. The van der Waals surface area contributed by atoms with E-state index in [1.54, 1.807) is 19.1 Å². The molecule has 17 heavy (non-hydrogen) atoms. The molecule has 0 atom stereocenters. The van der Waals surface area contributed by atoms with Crippen molar-refractivity contribution in [1.29, 1.82) is 0 Å². The van der Waals surface area contributed by atoms with Gasteiger partial charge in [-0.05, 0) is 24.6 Å². The van der Waals surface area contributed by atoms with E-state index in [9.17, 15) is 14.0 Å². The third kappa shape index (κ3) is 2.33. The average Bonchev–Trinajstić information content (AvgIpc) is 2.32. The third-order valence-electron chi connectivity index (χ3n) is 2.49. The van der Waals surface area contributed by atoms with Crippen LogP contribution in [0.15, 0.2) is 40.1 Å². The number of halogens is 1. The van der Waals surface area contributed by atoms with Gasteiger partial charge in [0.1, 0.15) is 5.82 Å². The molecule has 0 bridgehead atoms. The zero-order valence-corrected chi connectivity index (χ0v) is 9.24. The molecule has 2 aromatic rings. The topological polar surface area (TPSA) is 54.9 Å². The van der Waals surface area contributed by atoms with E-state index in [1.807, 2.05) is 0 Å². The van der Waals surface area contributed by atoms with E-state index in [2.05, 4.69) is 4.98 Å². The van der Waals surface area contributed by atoms with E-state index in [0.717, 1.165) is 4.57 Å². The number of hydrogen-bond donors (Lipinski definition) is 1. The van der Waals surface area contributed by atoms with Gasteiger partial charge < -0.3 is 4.98 Å². The first-order chi connectivity index (χ1) is 8.08. The fraction of sp³-hybridized carbons (Fsp3) is 0.167. The third-order valence-corrected chi connectivity index (χ3v) is 2.49. The van der Waals surface area contributed by atoms with Crippen LogP contribution in [0.5, 0.6) is 0 Å². The van der Waals surface area contributed by atoms with Crippen LogP contribution < -0.4 is 11.2 Å². The lowest BCUT2D eigenvalue weighted by molar-refractivity contribution is 0.625. The molecule has 0 saturated carbocycles. The first kappa shape index (κ1) is 11.3. The molecule has 0 unspecified atom stereocenters. The second-order valence-electron chi connectivity index (χ2n) is 3.79. The molecule has 2 rings (SSSR count). The van der Waals surface area contributed by atoms with Crippen LogP contribution in [0.2, 0.25) is 0 Å². The maximum absolute atomic E-state index is 12.7. The quantitative estimate of drug-likeness (QED) is 0.843. The normalized spacial score (nSPS) is 10.5. The van der Waals surface area contributed by atoms with Crippen LogP contribution in [0.1, 0.15) is 11.1 Å². The van der Waals surface area contributed by atoms with E-state index in [1.165, 1.54) is 18.3 Å². The molecule has 5 heteroatoms. The number of hydrogen-bond acceptors (Lipinski definition) is 2. The lowest BCUT2D eigenvalue weighted by Gasteiger charge is -2.05. The molecule has 0 saturated heterocycles. The molecule has 0 aliphatic carbocycles. The van der Waals surface area contributed by atoms with Crippen molar-refractivity contribution in [2.24, 2.45) is 0 Å². The van der Waals surface area contributed by atoms with Crippen LogP contribution >= 0.6 is 0 Å². The van der Waals surface area contributed by atoms with Gasteiger partial charge in [0.25, 0.3) is 5.56 Å². The van der Waals surface area contributed by atoms with Crippen LogP contribution in [0, 0.1) is 12.7 Å². The fourth-order valence-corrected chi connectivity index (χ4v) is 1.53. The minimum atomic E-state index is -0.468. The maximum atomic E-state index is 12.7. The summed E-state index contributed by atoms with van der Waals surface area (Å²) < 4.78 is 13.8. The molecule has 0 aliphatic rings. The monoisotopic (exact) mass is 234 g/mol. The lowest BCUT2D eigenvalue weighted by atomic mass is 10.2. The van der Waals surface area contributed by atoms with Gasteiger partial charge in [-0.1, -0.05) is 12.1 Å². The van der Waals surface area contributed by atoms with Crippen molar-refractivity contribution in [2.45, 2.75) is 13.5 Å². The Hall–Kier alpha value is -2.17. The van der Waals surface area contributed by atoms with Crippen molar-refractivity contribution in [1.82, 2.24) is 9.55 Å². The fourth-order valence-electron chi connectivity index (χ4n) is 1.53. The Morgan fingerprint density at radius 2 is 1.88 bits per heavy atom. The number of benzene rings is 1. The Morgan fingerprint density at radius 1 is 1.24 bits per heavy atom. The van der Waals surface area contributed by atoms with Crippen molar-refractivity contribution in [3.05, 3.63) is 68.2 Å². The summed E-state index contributed by atoms with van der Waals surface area (Å²) in [5.41, 5.74) is 0.360. The second kappa shape index (κ2) is 4.37. The Balaban J connectivity index is 2.43. The van der Waals surface area contributed by atoms with E-state index in [4.69, 9.17) is 0 Å². The Labute approximate surface area is 96.4 Å². The van der Waals surface area contributed by atoms with E-state index in [-0.39, 0.29) is 17.9 Å². The number of aromatic amines is 1. The molecule has 0 aliphatic heterocycles. The molecule has 0 amide bonds. The molecular formula is C12H11FN2O2. The molecular weight excluding hydrogens is 223 g/mol. The van der Waals surface area contributed by atoms with Gasteiger partial charge in [-0.15, -0.1) is 0 Å². The summed E-state index contributed by atoms with van der Waals surface area (Å²) in [6.45, 7) is 1.76. The van der Waals surface area contributed by atoms with E-state index >= 15 is 0 Å². The van der Waals surface area contributed by atoms with Gasteiger partial charge >= 0.3 is 5.69 Å². The summed E-state index contributed by atoms with van der Waals surface area (Å²) in [6, 6.07) is 5.68. The van der Waals surface area contributed by atoms with Crippen LogP contribution in [0.3, 0.4) is 0 Å². The van der Waals surface area contributed by atoms with Crippen LogP contribution in [-0.4, -0.2) is 9.55 Å². The highest BCUT2D eigenvalue weighted by molar-refractivity contribution is 5.16. The number of nitrogens with zero attached hydrogens (tertiary/aromatic N) is 1. The highest BCUT2D eigenvalue weighted by Crippen LogP contribution is 2.02. The van der Waals surface area contributed by atoms with Gasteiger partial charge in [0.05, 0.1) is 6.54 Å². The average molecular weight is 234 g/mol. The van der Waals surface area contributed by atoms with Gasteiger partial charge in [-0.2, -0.15) is 0 Å². The first-order valence-electron chi connectivity index (χ1n) is 5.11. The number of aryl methyl sites for hydroxylation is 1. The van der Waals surface area contributed by atoms with E-state index in [0.29, 0.717) is 11.1 Å². The summed E-state index contributed by atoms with van der Waals surface area (Å²) in [4.78, 5) is 25.7. The number of H-pyrrole nitrogens is 1. The van der Waals surface area contributed by atoms with Crippen LogP contribution in [0.4, 0.5) is 4.39 Å². The highest BCUT2D eigenvalue weighted by Gasteiger charge is 2.04. The number of rotatable bonds is 2. The minimum absolute atomic E-state index is 0.135. The maximum Gasteiger partial charge on any atom is 0.328 e. The SMILES string of the molecule is Cc1c[nH]c(=O)n(Cc2ccc(F)cc2)c1=O. The largest absolute Gasteiger partial charge is 0.328 e. The number of aromatic nitrogens is 2. The van der Waals surface area contributed by atoms with Crippen molar-refractivity contribution >= 4 is 0 Å². The summed E-state index contributed by atoms with van der Waals surface area (Å²) in [5, 5.41) is 0. The van der Waals surface area contributed by atoms with Crippen molar-refractivity contribution in [2.75, 3.05) is 0 Å². The Morgan fingerprint density at radius 3 is 2.53 bits per heavy atom. The van der Waals surface area contributed by atoms with Gasteiger partial charge in [0, 0.05) is 11.8 Å². The van der Waals surface area contributed by atoms with E-state index < -0.39 is 5.69 Å². The summed E-state index contributed by atoms with van der Waals surface area (Å²) in [6.07, 6.45) is 1.38. The Kier molecular flexibility index (Phi) is 2.91. The molecule has 1 heterocycles. The highest BCUT2D eigenvalue weighted by atomic mass is 19.1. The van der Waals surface area contributed by atoms with Gasteiger partial charge in [-0.25, -0.2) is 9.18 Å². The smallest absolute Gasteiger partial charge is 0.314 e. The number of nitrogens with one attached hydrogen (secondary N) is 1. The molecule has 4 nitrogen and oxygen atoms in total. The molecule has 0 radical (unpaired) electrons. The standard InChI is InChI=1S/C12H11FN2O2/c1-8-6-14-12(17)15(11(8)16)7-9-2-4-10(13)5-3-9/h2-6H,7H2,1H3,(H,14,17). The lowest BCUT2D eigenvalue weighted by Crippen LogP contribution is -2.36. The zero-order valence-electron chi connectivity index (χ0n) is 9.24. The molecule has 88 valence electrons. The van der Waals surface area contributed by atoms with Gasteiger partial charge in [-0.3, -0.25) is 9.36 Å². The molecule has 1 N–H and O–H groups in total. The molecule has 0 fully saturated rings. The predicted molar refractivity (Wildman–Crippen MR) is 61.6 cm³/mol. The van der Waals surface area contributed by atoms with Crippen LogP contribution in [0.25, 0.3) is 0 Å². The molecule has 1 aromatic carbocycles. The van der Waals surface area contributed by atoms with Crippen molar-refractivity contribution in [3.63, 3.8) is 0 Å². The zero-order chi connectivity index (χ0) is 12.4. The van der Waals surface area contributed by atoms with Crippen molar-refractivity contribution < 1.29 is 4.39 Å².